The Balaban J connectivity index is 2.77. The standard InChI is InChI=1S/C14H20N2O4S/c1-10(2)8-21(19,20)9-12(17)16-13(14(15)18)11-6-4-3-5-7-11/h3-7,10,13H,8-9H2,1-2H3,(H2,15,18)(H,16,17). The molecule has 0 aliphatic carbocycles. The fourth-order valence-electron chi connectivity index (χ4n) is 1.93. The summed E-state index contributed by atoms with van der Waals surface area (Å²) in [6.07, 6.45) is 0. The summed E-state index contributed by atoms with van der Waals surface area (Å²) in [4.78, 5) is 23.3. The lowest BCUT2D eigenvalue weighted by Crippen LogP contribution is -2.40. The lowest BCUT2D eigenvalue weighted by molar-refractivity contribution is -0.126. The van der Waals surface area contributed by atoms with Gasteiger partial charge in [-0.15, -0.1) is 0 Å². The van der Waals surface area contributed by atoms with Gasteiger partial charge in [0.1, 0.15) is 11.8 Å². The van der Waals surface area contributed by atoms with Crippen molar-refractivity contribution in [2.45, 2.75) is 19.9 Å². The summed E-state index contributed by atoms with van der Waals surface area (Å²) in [6, 6.07) is 7.40. The first-order valence-electron chi connectivity index (χ1n) is 6.55. The Morgan fingerprint density at radius 3 is 2.24 bits per heavy atom. The maximum Gasteiger partial charge on any atom is 0.244 e. The van der Waals surface area contributed by atoms with Crippen molar-refractivity contribution in [3.63, 3.8) is 0 Å². The lowest BCUT2D eigenvalue weighted by atomic mass is 10.1. The van der Waals surface area contributed by atoms with Crippen molar-refractivity contribution >= 4 is 21.7 Å². The molecule has 1 unspecified atom stereocenters. The van der Waals surface area contributed by atoms with Crippen molar-refractivity contribution in [1.29, 1.82) is 0 Å². The quantitative estimate of drug-likeness (QED) is 0.760. The van der Waals surface area contributed by atoms with Crippen LogP contribution in [0.4, 0.5) is 0 Å². The molecular weight excluding hydrogens is 292 g/mol. The van der Waals surface area contributed by atoms with Crippen molar-refractivity contribution in [2.24, 2.45) is 11.7 Å². The van der Waals surface area contributed by atoms with Gasteiger partial charge in [-0.2, -0.15) is 0 Å². The molecule has 3 N–H and O–H groups in total. The summed E-state index contributed by atoms with van der Waals surface area (Å²) < 4.78 is 23.5. The number of nitrogens with one attached hydrogen (secondary N) is 1. The van der Waals surface area contributed by atoms with Crippen molar-refractivity contribution in [2.75, 3.05) is 11.5 Å². The van der Waals surface area contributed by atoms with E-state index in [1.165, 1.54) is 0 Å². The number of hydrogen-bond donors (Lipinski definition) is 2. The predicted octanol–water partition coefficient (Wildman–Crippen LogP) is 0.400. The maximum absolute atomic E-state index is 11.8. The minimum absolute atomic E-state index is 0.0659. The molecule has 0 aromatic heterocycles. The van der Waals surface area contributed by atoms with Gasteiger partial charge < -0.3 is 11.1 Å². The molecule has 0 spiro atoms. The second-order valence-electron chi connectivity index (χ2n) is 5.26. The summed E-state index contributed by atoms with van der Waals surface area (Å²) in [5.74, 6) is -2.27. The van der Waals surface area contributed by atoms with E-state index in [9.17, 15) is 18.0 Å². The smallest absolute Gasteiger partial charge is 0.244 e. The first kappa shape index (κ1) is 17.2. The van der Waals surface area contributed by atoms with E-state index in [1.807, 2.05) is 0 Å². The fourth-order valence-corrected chi connectivity index (χ4v) is 3.55. The molecule has 1 aromatic carbocycles. The molecule has 0 aliphatic rings. The van der Waals surface area contributed by atoms with Crippen LogP contribution in [-0.4, -0.2) is 31.7 Å². The number of primary amides is 1. The third-order valence-electron chi connectivity index (χ3n) is 2.66. The van der Waals surface area contributed by atoms with Crippen molar-refractivity contribution in [3.05, 3.63) is 35.9 Å². The highest BCUT2D eigenvalue weighted by molar-refractivity contribution is 7.92. The molecule has 1 rings (SSSR count). The molecule has 6 nitrogen and oxygen atoms in total. The van der Waals surface area contributed by atoms with Crippen molar-refractivity contribution in [1.82, 2.24) is 5.32 Å². The second kappa shape index (κ2) is 7.21. The molecule has 116 valence electrons. The first-order chi connectivity index (χ1) is 9.71. The van der Waals surface area contributed by atoms with Crippen LogP contribution in [0.5, 0.6) is 0 Å². The molecule has 1 atom stereocenters. The normalized spacial score (nSPS) is 12.9. The van der Waals surface area contributed by atoms with Gasteiger partial charge in [0.25, 0.3) is 0 Å². The summed E-state index contributed by atoms with van der Waals surface area (Å²) in [5, 5.41) is 2.37. The van der Waals surface area contributed by atoms with E-state index in [4.69, 9.17) is 5.73 Å². The van der Waals surface area contributed by atoms with Crippen LogP contribution in [-0.2, 0) is 19.4 Å². The van der Waals surface area contributed by atoms with Crippen molar-refractivity contribution in [3.8, 4) is 0 Å². The molecule has 0 saturated carbocycles. The van der Waals surface area contributed by atoms with E-state index in [1.54, 1.807) is 44.2 Å². The Hall–Kier alpha value is -1.89. The number of benzene rings is 1. The molecule has 1 aromatic rings. The van der Waals surface area contributed by atoms with Crippen LogP contribution in [0.2, 0.25) is 0 Å². The number of sulfone groups is 1. The van der Waals surface area contributed by atoms with Gasteiger partial charge in [-0.05, 0) is 11.5 Å². The van der Waals surface area contributed by atoms with Gasteiger partial charge in [0.2, 0.25) is 11.8 Å². The highest BCUT2D eigenvalue weighted by Crippen LogP contribution is 2.12. The summed E-state index contributed by atoms with van der Waals surface area (Å²) in [6.45, 7) is 3.51. The van der Waals surface area contributed by atoms with Crippen LogP contribution < -0.4 is 11.1 Å². The third kappa shape index (κ3) is 5.95. The highest BCUT2D eigenvalue weighted by Gasteiger charge is 2.24. The van der Waals surface area contributed by atoms with Gasteiger partial charge in [0, 0.05) is 0 Å². The first-order valence-corrected chi connectivity index (χ1v) is 8.37. The van der Waals surface area contributed by atoms with Crippen LogP contribution >= 0.6 is 0 Å². The maximum atomic E-state index is 11.8. The molecule has 0 heterocycles. The Kier molecular flexibility index (Phi) is 5.90. The van der Waals surface area contributed by atoms with Crippen LogP contribution in [0.15, 0.2) is 30.3 Å². The molecule has 7 heteroatoms. The topological polar surface area (TPSA) is 106 Å². The van der Waals surface area contributed by atoms with Crippen LogP contribution in [0.3, 0.4) is 0 Å². The molecule has 2 amide bonds. The SMILES string of the molecule is CC(C)CS(=O)(=O)CC(=O)NC(C(N)=O)c1ccccc1. The zero-order valence-electron chi connectivity index (χ0n) is 12.1. The summed E-state index contributed by atoms with van der Waals surface area (Å²) >= 11 is 0. The van der Waals surface area contributed by atoms with Gasteiger partial charge in [-0.3, -0.25) is 9.59 Å². The summed E-state index contributed by atoms with van der Waals surface area (Å²) in [7, 11) is -3.50. The average molecular weight is 312 g/mol. The van der Waals surface area contributed by atoms with E-state index >= 15 is 0 Å². The minimum Gasteiger partial charge on any atom is -0.368 e. The molecular formula is C14H20N2O4S. The fraction of sp³-hybridized carbons (Fsp3) is 0.429. The van der Waals surface area contributed by atoms with Gasteiger partial charge in [-0.25, -0.2) is 8.42 Å². The number of nitrogens with two attached hydrogens (primary N) is 1. The van der Waals surface area contributed by atoms with Gasteiger partial charge in [0.05, 0.1) is 5.75 Å². The average Bonchev–Trinajstić information content (AvgIpc) is 2.34. The van der Waals surface area contributed by atoms with Gasteiger partial charge >= 0.3 is 0 Å². The molecule has 0 saturated heterocycles. The zero-order chi connectivity index (χ0) is 16.0. The number of carbonyl (C=O) groups is 2. The largest absolute Gasteiger partial charge is 0.368 e. The van der Waals surface area contributed by atoms with Crippen LogP contribution in [0.25, 0.3) is 0 Å². The molecule has 0 fully saturated rings. The Morgan fingerprint density at radius 2 is 1.76 bits per heavy atom. The van der Waals surface area contributed by atoms with E-state index < -0.39 is 33.4 Å². The number of rotatable bonds is 7. The van der Waals surface area contributed by atoms with E-state index in [-0.39, 0.29) is 11.7 Å². The van der Waals surface area contributed by atoms with Crippen LogP contribution in [0.1, 0.15) is 25.5 Å². The summed E-state index contributed by atoms with van der Waals surface area (Å²) in [5.41, 5.74) is 5.77. The van der Waals surface area contributed by atoms with E-state index in [0.29, 0.717) is 5.56 Å². The molecule has 0 bridgehead atoms. The molecule has 21 heavy (non-hydrogen) atoms. The number of amides is 2. The molecule has 0 aliphatic heterocycles. The van der Waals surface area contributed by atoms with Crippen LogP contribution in [0, 0.1) is 5.92 Å². The Labute approximate surface area is 124 Å². The predicted molar refractivity (Wildman–Crippen MR) is 80.0 cm³/mol. The Bertz CT molecular complexity index is 597. The third-order valence-corrected chi connectivity index (χ3v) is 4.54. The zero-order valence-corrected chi connectivity index (χ0v) is 12.9. The van der Waals surface area contributed by atoms with E-state index in [2.05, 4.69) is 5.32 Å². The van der Waals surface area contributed by atoms with Gasteiger partial charge in [-0.1, -0.05) is 44.2 Å². The van der Waals surface area contributed by atoms with Gasteiger partial charge in [0.15, 0.2) is 9.84 Å². The highest BCUT2D eigenvalue weighted by atomic mass is 32.2. The van der Waals surface area contributed by atoms with Crippen molar-refractivity contribution < 1.29 is 18.0 Å². The Morgan fingerprint density at radius 1 is 1.19 bits per heavy atom. The lowest BCUT2D eigenvalue weighted by Gasteiger charge is -2.16. The minimum atomic E-state index is -3.50. The number of hydrogen-bond acceptors (Lipinski definition) is 4. The van der Waals surface area contributed by atoms with E-state index in [0.717, 1.165) is 0 Å². The second-order valence-corrected chi connectivity index (χ2v) is 7.37. The number of carbonyl (C=O) groups excluding carboxylic acids is 2. The monoisotopic (exact) mass is 312 g/mol. The molecule has 0 radical (unpaired) electrons.